The highest BCUT2D eigenvalue weighted by Crippen LogP contribution is 2.35. The van der Waals surface area contributed by atoms with Gasteiger partial charge < -0.3 is 19.7 Å². The molecule has 0 amide bonds. The summed E-state index contributed by atoms with van der Waals surface area (Å²) < 4.78 is 24.8. The van der Waals surface area contributed by atoms with E-state index in [-0.39, 0.29) is 11.7 Å². The summed E-state index contributed by atoms with van der Waals surface area (Å²) in [7, 11) is 5.13. The lowest BCUT2D eigenvalue weighted by Gasteiger charge is -2.26. The zero-order chi connectivity index (χ0) is 17.1. The van der Waals surface area contributed by atoms with Gasteiger partial charge in [-0.25, -0.2) is 9.37 Å². The zero-order valence-corrected chi connectivity index (χ0v) is 14.0. The highest BCUT2D eigenvalue weighted by molar-refractivity contribution is 5.48. The second kappa shape index (κ2) is 6.90. The summed E-state index contributed by atoms with van der Waals surface area (Å²) >= 11 is 0. The number of nitrogens with zero attached hydrogens (tertiary/aromatic N) is 3. The van der Waals surface area contributed by atoms with E-state index in [1.807, 2.05) is 18.2 Å². The van der Waals surface area contributed by atoms with Crippen LogP contribution in [-0.4, -0.2) is 44.3 Å². The lowest BCUT2D eigenvalue weighted by molar-refractivity contribution is 0.218. The SMILES string of the molecule is COc1cccc2c1OCC(CNc1ncc(F)c(N(C)C)n1)C2. The van der Waals surface area contributed by atoms with E-state index in [2.05, 4.69) is 15.3 Å². The molecule has 3 rings (SSSR count). The van der Waals surface area contributed by atoms with Crippen LogP contribution in [0.3, 0.4) is 0 Å². The molecule has 1 aromatic carbocycles. The van der Waals surface area contributed by atoms with E-state index < -0.39 is 5.82 Å². The molecule has 1 N–H and O–H groups in total. The number of rotatable bonds is 5. The van der Waals surface area contributed by atoms with Crippen LogP contribution >= 0.6 is 0 Å². The average Bonchev–Trinajstić information content (AvgIpc) is 2.60. The number of anilines is 2. The van der Waals surface area contributed by atoms with Crippen LogP contribution in [0.5, 0.6) is 11.5 Å². The first-order valence-corrected chi connectivity index (χ1v) is 7.81. The molecular formula is C17H21FN4O2. The fourth-order valence-electron chi connectivity index (χ4n) is 2.74. The fraction of sp³-hybridized carbons (Fsp3) is 0.412. The number of hydrogen-bond acceptors (Lipinski definition) is 6. The Morgan fingerprint density at radius 3 is 3.00 bits per heavy atom. The number of fused-ring (bicyclic) bond motifs is 1. The van der Waals surface area contributed by atoms with Gasteiger partial charge in [-0.3, -0.25) is 0 Å². The van der Waals surface area contributed by atoms with Crippen molar-refractivity contribution < 1.29 is 13.9 Å². The van der Waals surface area contributed by atoms with Crippen LogP contribution in [0.25, 0.3) is 0 Å². The summed E-state index contributed by atoms with van der Waals surface area (Å²) in [6.45, 7) is 1.23. The van der Waals surface area contributed by atoms with Crippen LogP contribution in [0, 0.1) is 11.7 Å². The molecule has 2 heterocycles. The summed E-state index contributed by atoms with van der Waals surface area (Å²) in [5.41, 5.74) is 1.13. The lowest BCUT2D eigenvalue weighted by Crippen LogP contribution is -2.28. The minimum absolute atomic E-state index is 0.266. The number of ether oxygens (including phenoxy) is 2. The molecule has 128 valence electrons. The van der Waals surface area contributed by atoms with E-state index in [9.17, 15) is 4.39 Å². The van der Waals surface area contributed by atoms with Crippen molar-refractivity contribution in [3.63, 3.8) is 0 Å². The Labute approximate surface area is 140 Å². The first-order chi connectivity index (χ1) is 11.6. The number of halogens is 1. The maximum Gasteiger partial charge on any atom is 0.224 e. The molecule has 1 atom stereocenters. The Morgan fingerprint density at radius 2 is 2.25 bits per heavy atom. The quantitative estimate of drug-likeness (QED) is 0.907. The third-order valence-corrected chi connectivity index (χ3v) is 3.95. The molecule has 1 aliphatic rings. The van der Waals surface area contributed by atoms with Gasteiger partial charge in [-0.05, 0) is 18.1 Å². The lowest BCUT2D eigenvalue weighted by atomic mass is 9.96. The maximum atomic E-state index is 13.6. The van der Waals surface area contributed by atoms with E-state index >= 15 is 0 Å². The van der Waals surface area contributed by atoms with Crippen molar-refractivity contribution >= 4 is 11.8 Å². The van der Waals surface area contributed by atoms with Gasteiger partial charge in [-0.15, -0.1) is 0 Å². The fourth-order valence-corrected chi connectivity index (χ4v) is 2.74. The molecule has 1 aromatic heterocycles. The van der Waals surface area contributed by atoms with Gasteiger partial charge in [-0.1, -0.05) is 12.1 Å². The Hall–Kier alpha value is -2.57. The Bertz CT molecular complexity index is 724. The molecule has 0 radical (unpaired) electrons. The van der Waals surface area contributed by atoms with Gasteiger partial charge in [0.2, 0.25) is 5.95 Å². The van der Waals surface area contributed by atoms with Crippen molar-refractivity contribution in [3.05, 3.63) is 35.8 Å². The molecule has 6 nitrogen and oxygen atoms in total. The van der Waals surface area contributed by atoms with E-state index in [1.54, 1.807) is 26.1 Å². The zero-order valence-electron chi connectivity index (χ0n) is 14.0. The summed E-state index contributed by atoms with van der Waals surface area (Å²) in [6, 6.07) is 5.90. The number of hydrogen-bond donors (Lipinski definition) is 1. The predicted molar refractivity (Wildman–Crippen MR) is 90.5 cm³/mol. The molecule has 2 aromatic rings. The van der Waals surface area contributed by atoms with Crippen LogP contribution in [0.15, 0.2) is 24.4 Å². The topological polar surface area (TPSA) is 59.5 Å². The maximum absolute atomic E-state index is 13.6. The average molecular weight is 332 g/mol. The van der Waals surface area contributed by atoms with Gasteiger partial charge >= 0.3 is 0 Å². The van der Waals surface area contributed by atoms with E-state index in [0.29, 0.717) is 19.1 Å². The minimum atomic E-state index is -0.437. The van der Waals surface area contributed by atoms with Gasteiger partial charge in [0.05, 0.1) is 19.9 Å². The predicted octanol–water partition coefficient (Wildman–Crippen LogP) is 2.35. The van der Waals surface area contributed by atoms with Crippen molar-refractivity contribution in [1.82, 2.24) is 9.97 Å². The van der Waals surface area contributed by atoms with Crippen LogP contribution < -0.4 is 19.7 Å². The monoisotopic (exact) mass is 332 g/mol. The molecule has 0 saturated heterocycles. The third-order valence-electron chi connectivity index (χ3n) is 3.95. The van der Waals surface area contributed by atoms with Crippen LogP contribution in [-0.2, 0) is 6.42 Å². The van der Waals surface area contributed by atoms with Crippen LogP contribution in [0.2, 0.25) is 0 Å². The summed E-state index contributed by atoms with van der Waals surface area (Å²) in [5, 5.41) is 3.17. The molecule has 0 fully saturated rings. The summed E-state index contributed by atoms with van der Waals surface area (Å²) in [5.74, 6) is 2.10. The first kappa shape index (κ1) is 16.3. The molecule has 0 aliphatic carbocycles. The standard InChI is InChI=1S/C17H21FN4O2/c1-22(2)16-13(18)9-20-17(21-16)19-8-11-7-12-5-4-6-14(23-3)15(12)24-10-11/h4-6,9,11H,7-8,10H2,1-3H3,(H,19,20,21). The molecule has 0 bridgehead atoms. The van der Waals surface area contributed by atoms with Crippen molar-refractivity contribution in [2.45, 2.75) is 6.42 Å². The molecule has 0 spiro atoms. The number of para-hydroxylation sites is 1. The highest BCUT2D eigenvalue weighted by Gasteiger charge is 2.22. The second-order valence-corrected chi connectivity index (χ2v) is 5.97. The molecule has 1 unspecified atom stereocenters. The van der Waals surface area contributed by atoms with Gasteiger partial charge in [0, 0.05) is 26.6 Å². The first-order valence-electron chi connectivity index (χ1n) is 7.81. The molecule has 0 saturated carbocycles. The van der Waals surface area contributed by atoms with Gasteiger partial charge in [-0.2, -0.15) is 4.98 Å². The Balaban J connectivity index is 1.65. The third kappa shape index (κ3) is 3.34. The second-order valence-electron chi connectivity index (χ2n) is 5.97. The summed E-state index contributed by atoms with van der Waals surface area (Å²) in [4.78, 5) is 9.81. The largest absolute Gasteiger partial charge is 0.493 e. The number of benzene rings is 1. The Morgan fingerprint density at radius 1 is 1.42 bits per heavy atom. The van der Waals surface area contributed by atoms with Crippen LogP contribution in [0.1, 0.15) is 5.56 Å². The van der Waals surface area contributed by atoms with E-state index in [0.717, 1.165) is 23.5 Å². The smallest absolute Gasteiger partial charge is 0.224 e. The molecule has 7 heteroatoms. The van der Waals surface area contributed by atoms with Gasteiger partial charge in [0.15, 0.2) is 23.1 Å². The number of aromatic nitrogens is 2. The van der Waals surface area contributed by atoms with Crippen molar-refractivity contribution in [1.29, 1.82) is 0 Å². The number of methoxy groups -OCH3 is 1. The molecule has 1 aliphatic heterocycles. The van der Waals surface area contributed by atoms with Crippen molar-refractivity contribution in [2.75, 3.05) is 44.6 Å². The highest BCUT2D eigenvalue weighted by atomic mass is 19.1. The van der Waals surface area contributed by atoms with Crippen LogP contribution in [0.4, 0.5) is 16.2 Å². The van der Waals surface area contributed by atoms with Gasteiger partial charge in [0.25, 0.3) is 0 Å². The van der Waals surface area contributed by atoms with E-state index in [1.165, 1.54) is 6.20 Å². The number of nitrogens with one attached hydrogen (secondary N) is 1. The van der Waals surface area contributed by atoms with Crippen molar-refractivity contribution in [3.8, 4) is 11.5 Å². The Kier molecular flexibility index (Phi) is 4.69. The van der Waals surface area contributed by atoms with Crippen molar-refractivity contribution in [2.24, 2.45) is 5.92 Å². The summed E-state index contributed by atoms with van der Waals surface area (Å²) in [6.07, 6.45) is 2.06. The molecular weight excluding hydrogens is 311 g/mol. The minimum Gasteiger partial charge on any atom is -0.493 e. The molecule has 24 heavy (non-hydrogen) atoms. The van der Waals surface area contributed by atoms with Gasteiger partial charge in [0.1, 0.15) is 0 Å². The van der Waals surface area contributed by atoms with E-state index in [4.69, 9.17) is 9.47 Å². The normalized spacial score (nSPS) is 16.1.